The van der Waals surface area contributed by atoms with Crippen LogP contribution in [0.25, 0.3) is 0 Å². The van der Waals surface area contributed by atoms with Gasteiger partial charge in [-0.25, -0.2) is 0 Å². The number of thiophene rings is 1. The fourth-order valence-electron chi connectivity index (χ4n) is 3.88. The molecule has 1 aliphatic rings. The summed E-state index contributed by atoms with van der Waals surface area (Å²) < 4.78 is 0. The number of likely N-dealkylation sites (tertiary alicyclic amines) is 1. The molecule has 1 aliphatic heterocycles. The molecule has 28 heavy (non-hydrogen) atoms. The molecule has 0 aliphatic carbocycles. The van der Waals surface area contributed by atoms with Gasteiger partial charge >= 0.3 is 0 Å². The highest BCUT2D eigenvalue weighted by molar-refractivity contribution is 7.12. The number of hydrogen-bond donors (Lipinski definition) is 2. The van der Waals surface area contributed by atoms with E-state index < -0.39 is 5.60 Å². The van der Waals surface area contributed by atoms with Gasteiger partial charge in [0.25, 0.3) is 0 Å². The van der Waals surface area contributed by atoms with Crippen LogP contribution in [0.4, 0.5) is 0 Å². The van der Waals surface area contributed by atoms with Gasteiger partial charge in [0, 0.05) is 30.0 Å². The van der Waals surface area contributed by atoms with E-state index in [4.69, 9.17) is 0 Å². The van der Waals surface area contributed by atoms with Crippen LogP contribution in [0, 0.1) is 17.3 Å². The first kappa shape index (κ1) is 21.1. The molecule has 1 aromatic carbocycles. The van der Waals surface area contributed by atoms with E-state index in [1.807, 2.05) is 6.07 Å². The summed E-state index contributed by atoms with van der Waals surface area (Å²) in [5, 5.41) is 20.0. The molecule has 2 heterocycles. The Kier molecular flexibility index (Phi) is 6.95. The van der Waals surface area contributed by atoms with Crippen LogP contribution in [-0.4, -0.2) is 40.4 Å². The topological polar surface area (TPSA) is 43.7 Å². The predicted molar refractivity (Wildman–Crippen MR) is 116 cm³/mol. The quantitative estimate of drug-likeness (QED) is 0.722. The third kappa shape index (κ3) is 6.18. The first-order chi connectivity index (χ1) is 13.4. The lowest BCUT2D eigenvalue weighted by molar-refractivity contribution is 0.0228. The van der Waals surface area contributed by atoms with E-state index in [1.165, 1.54) is 10.4 Å². The second-order valence-corrected chi connectivity index (χ2v) is 9.70. The minimum atomic E-state index is -0.962. The molecule has 4 heteroatoms. The molecule has 1 aromatic heterocycles. The van der Waals surface area contributed by atoms with Crippen LogP contribution in [0.15, 0.2) is 42.5 Å². The third-order valence-corrected chi connectivity index (χ3v) is 6.38. The lowest BCUT2D eigenvalue weighted by atomic mass is 9.76. The van der Waals surface area contributed by atoms with Crippen molar-refractivity contribution in [3.63, 3.8) is 0 Å². The van der Waals surface area contributed by atoms with Crippen molar-refractivity contribution in [1.82, 2.24) is 4.90 Å². The van der Waals surface area contributed by atoms with Crippen molar-refractivity contribution in [3.8, 4) is 11.8 Å². The third-order valence-electron chi connectivity index (χ3n) is 5.40. The molecule has 3 nitrogen and oxygen atoms in total. The van der Waals surface area contributed by atoms with E-state index in [-0.39, 0.29) is 12.0 Å². The highest BCUT2D eigenvalue weighted by Crippen LogP contribution is 2.35. The molecule has 1 unspecified atom stereocenters. The van der Waals surface area contributed by atoms with Crippen LogP contribution < -0.4 is 0 Å². The van der Waals surface area contributed by atoms with Crippen molar-refractivity contribution in [2.45, 2.75) is 51.7 Å². The highest BCUT2D eigenvalue weighted by atomic mass is 32.1. The molecule has 1 saturated heterocycles. The normalized spacial score (nSPS) is 20.6. The molecular weight excluding hydrogens is 366 g/mol. The minimum Gasteiger partial charge on any atom is -0.396 e. The average molecular weight is 398 g/mol. The van der Waals surface area contributed by atoms with Crippen LogP contribution in [-0.2, 0) is 13.0 Å². The fraction of sp³-hybridized carbons (Fsp3) is 0.500. The SMILES string of the molecule is CC(C)(O)C#Cc1ccc(CN2CCCC(CO)(CCc3ccccc3)C2)s1. The summed E-state index contributed by atoms with van der Waals surface area (Å²) in [5.74, 6) is 5.95. The molecule has 0 bridgehead atoms. The number of aliphatic hydroxyl groups excluding tert-OH is 1. The number of piperidine rings is 1. The van der Waals surface area contributed by atoms with Crippen molar-refractivity contribution >= 4 is 11.3 Å². The van der Waals surface area contributed by atoms with Gasteiger partial charge < -0.3 is 10.2 Å². The lowest BCUT2D eigenvalue weighted by Crippen LogP contribution is -2.45. The van der Waals surface area contributed by atoms with Crippen molar-refractivity contribution in [2.24, 2.45) is 5.41 Å². The Morgan fingerprint density at radius 3 is 2.68 bits per heavy atom. The first-order valence-electron chi connectivity index (χ1n) is 10.1. The van der Waals surface area contributed by atoms with Gasteiger partial charge in [-0.3, -0.25) is 4.90 Å². The zero-order valence-corrected chi connectivity index (χ0v) is 17.8. The van der Waals surface area contributed by atoms with Crippen LogP contribution in [0.2, 0.25) is 0 Å². The van der Waals surface area contributed by atoms with E-state index in [0.29, 0.717) is 0 Å². The Labute approximate surface area is 173 Å². The van der Waals surface area contributed by atoms with Gasteiger partial charge in [0.05, 0.1) is 4.88 Å². The van der Waals surface area contributed by atoms with Crippen molar-refractivity contribution in [2.75, 3.05) is 19.7 Å². The van der Waals surface area contributed by atoms with Gasteiger partial charge in [-0.05, 0) is 63.8 Å². The van der Waals surface area contributed by atoms with Gasteiger partial charge in [0.15, 0.2) is 0 Å². The molecule has 1 atom stereocenters. The van der Waals surface area contributed by atoms with E-state index in [9.17, 15) is 10.2 Å². The Morgan fingerprint density at radius 2 is 1.96 bits per heavy atom. The summed E-state index contributed by atoms with van der Waals surface area (Å²) >= 11 is 1.70. The number of aliphatic hydroxyl groups is 2. The Balaban J connectivity index is 1.60. The number of rotatable bonds is 6. The van der Waals surface area contributed by atoms with Gasteiger partial charge in [-0.2, -0.15) is 0 Å². The fourth-order valence-corrected chi connectivity index (χ4v) is 4.78. The molecule has 2 aromatic rings. The molecule has 1 fully saturated rings. The molecule has 0 spiro atoms. The maximum Gasteiger partial charge on any atom is 0.120 e. The molecule has 150 valence electrons. The van der Waals surface area contributed by atoms with Crippen LogP contribution >= 0.6 is 11.3 Å². The van der Waals surface area contributed by atoms with E-state index >= 15 is 0 Å². The molecule has 3 rings (SSSR count). The summed E-state index contributed by atoms with van der Waals surface area (Å²) in [6.45, 7) is 6.58. The number of benzene rings is 1. The lowest BCUT2D eigenvalue weighted by Gasteiger charge is -2.42. The van der Waals surface area contributed by atoms with Crippen molar-refractivity contribution in [3.05, 3.63) is 57.8 Å². The summed E-state index contributed by atoms with van der Waals surface area (Å²) in [6, 6.07) is 14.7. The van der Waals surface area contributed by atoms with Gasteiger partial charge in [-0.15, -0.1) is 11.3 Å². The molecule has 2 N–H and O–H groups in total. The smallest absolute Gasteiger partial charge is 0.120 e. The van der Waals surface area contributed by atoms with Crippen LogP contribution in [0.5, 0.6) is 0 Å². The van der Waals surface area contributed by atoms with Gasteiger partial charge in [0.1, 0.15) is 5.60 Å². The number of hydrogen-bond acceptors (Lipinski definition) is 4. The Bertz CT molecular complexity index is 812. The average Bonchev–Trinajstić information content (AvgIpc) is 3.13. The Morgan fingerprint density at radius 1 is 1.18 bits per heavy atom. The summed E-state index contributed by atoms with van der Waals surface area (Å²) in [4.78, 5) is 4.76. The summed E-state index contributed by atoms with van der Waals surface area (Å²) in [5.41, 5.74) is 0.381. The van der Waals surface area contributed by atoms with Crippen LogP contribution in [0.3, 0.4) is 0 Å². The van der Waals surface area contributed by atoms with E-state index in [2.05, 4.69) is 53.1 Å². The molecule has 0 saturated carbocycles. The van der Waals surface area contributed by atoms with Crippen molar-refractivity contribution < 1.29 is 10.2 Å². The molecular formula is C24H31NO2S. The zero-order chi connectivity index (χ0) is 20.0. The van der Waals surface area contributed by atoms with E-state index in [0.717, 1.165) is 50.2 Å². The number of aryl methyl sites for hydroxylation is 1. The standard InChI is InChI=1S/C24H31NO2S/c1-23(2,27)14-12-21-9-10-22(28-21)17-25-16-6-13-24(18-25,19-26)15-11-20-7-4-3-5-8-20/h3-5,7-10,26-27H,6,11,13,15-19H2,1-2H3. The first-order valence-corrected chi connectivity index (χ1v) is 10.9. The maximum absolute atomic E-state index is 10.2. The Hall–Kier alpha value is -1.64. The molecule has 0 amide bonds. The highest BCUT2D eigenvalue weighted by Gasteiger charge is 2.34. The molecule has 0 radical (unpaired) electrons. The zero-order valence-electron chi connectivity index (χ0n) is 16.9. The van der Waals surface area contributed by atoms with Crippen molar-refractivity contribution in [1.29, 1.82) is 0 Å². The van der Waals surface area contributed by atoms with Gasteiger partial charge in [-0.1, -0.05) is 42.2 Å². The van der Waals surface area contributed by atoms with Gasteiger partial charge in [0.2, 0.25) is 0 Å². The largest absolute Gasteiger partial charge is 0.396 e. The second-order valence-electron chi connectivity index (χ2n) is 8.53. The predicted octanol–water partition coefficient (Wildman–Crippen LogP) is 4.08. The number of nitrogens with zero attached hydrogens (tertiary/aromatic N) is 1. The summed E-state index contributed by atoms with van der Waals surface area (Å²) in [6.07, 6.45) is 4.27. The minimum absolute atomic E-state index is 0.00506. The maximum atomic E-state index is 10.2. The summed E-state index contributed by atoms with van der Waals surface area (Å²) in [7, 11) is 0. The van der Waals surface area contributed by atoms with E-state index in [1.54, 1.807) is 25.2 Å². The second kappa shape index (κ2) is 9.24. The monoisotopic (exact) mass is 397 g/mol. The van der Waals surface area contributed by atoms with Crippen LogP contribution in [0.1, 0.15) is 48.4 Å².